The van der Waals surface area contributed by atoms with Gasteiger partial charge in [0.1, 0.15) is 5.75 Å². The van der Waals surface area contributed by atoms with E-state index in [2.05, 4.69) is 47.0 Å². The maximum absolute atomic E-state index is 12.1. The SMILES string of the molecule is CC(C)(C)[C@@H]1CCc2nc(NC(=O)COc3ccc(Br)cc3)sc2C1. The third-order valence-corrected chi connectivity index (χ3v) is 6.16. The molecule has 1 atom stereocenters. The fourth-order valence-electron chi connectivity index (χ4n) is 3.00. The van der Waals surface area contributed by atoms with Gasteiger partial charge in [0.05, 0.1) is 5.69 Å². The number of thiazole rings is 1. The number of carbonyl (C=O) groups is 1. The predicted molar refractivity (Wildman–Crippen MR) is 105 cm³/mol. The summed E-state index contributed by atoms with van der Waals surface area (Å²) in [4.78, 5) is 18.0. The molecule has 1 aromatic carbocycles. The molecule has 6 heteroatoms. The van der Waals surface area contributed by atoms with Crippen molar-refractivity contribution < 1.29 is 9.53 Å². The molecule has 1 aromatic heterocycles. The van der Waals surface area contributed by atoms with Crippen LogP contribution in [0.4, 0.5) is 5.13 Å². The van der Waals surface area contributed by atoms with E-state index in [-0.39, 0.29) is 12.5 Å². The zero-order chi connectivity index (χ0) is 18.0. The lowest BCUT2D eigenvalue weighted by Crippen LogP contribution is -2.26. The van der Waals surface area contributed by atoms with Crippen LogP contribution in [-0.4, -0.2) is 17.5 Å². The minimum atomic E-state index is -0.179. The van der Waals surface area contributed by atoms with Crippen LogP contribution < -0.4 is 10.1 Å². The van der Waals surface area contributed by atoms with E-state index in [4.69, 9.17) is 4.74 Å². The van der Waals surface area contributed by atoms with Gasteiger partial charge in [-0.15, -0.1) is 11.3 Å². The van der Waals surface area contributed by atoms with Gasteiger partial charge < -0.3 is 4.74 Å². The van der Waals surface area contributed by atoms with Gasteiger partial charge in [0.2, 0.25) is 0 Å². The number of benzene rings is 1. The molecule has 25 heavy (non-hydrogen) atoms. The largest absolute Gasteiger partial charge is 0.484 e. The molecule has 0 unspecified atom stereocenters. The van der Waals surface area contributed by atoms with E-state index in [0.29, 0.717) is 22.2 Å². The molecule has 1 heterocycles. The Balaban J connectivity index is 1.56. The average molecular weight is 423 g/mol. The molecule has 1 amide bonds. The summed E-state index contributed by atoms with van der Waals surface area (Å²) in [5.74, 6) is 1.16. The van der Waals surface area contributed by atoms with E-state index in [1.165, 1.54) is 11.3 Å². The lowest BCUT2D eigenvalue weighted by molar-refractivity contribution is -0.118. The average Bonchev–Trinajstić information content (AvgIpc) is 2.94. The second kappa shape index (κ2) is 7.46. The van der Waals surface area contributed by atoms with E-state index in [1.54, 1.807) is 11.3 Å². The molecular weight excluding hydrogens is 400 g/mol. The monoisotopic (exact) mass is 422 g/mol. The number of hydrogen-bond acceptors (Lipinski definition) is 4. The Morgan fingerprint density at radius 1 is 1.36 bits per heavy atom. The predicted octanol–water partition coefficient (Wildman–Crippen LogP) is 5.07. The van der Waals surface area contributed by atoms with Crippen molar-refractivity contribution in [3.63, 3.8) is 0 Å². The van der Waals surface area contributed by atoms with Crippen LogP contribution in [0.15, 0.2) is 28.7 Å². The van der Waals surface area contributed by atoms with Crippen molar-refractivity contribution in [2.24, 2.45) is 11.3 Å². The molecule has 2 aromatic rings. The molecule has 4 nitrogen and oxygen atoms in total. The number of carbonyl (C=O) groups excluding carboxylic acids is 1. The van der Waals surface area contributed by atoms with Crippen molar-refractivity contribution in [2.75, 3.05) is 11.9 Å². The van der Waals surface area contributed by atoms with Crippen LogP contribution in [0, 0.1) is 11.3 Å². The molecule has 0 saturated heterocycles. The summed E-state index contributed by atoms with van der Waals surface area (Å²) in [6.45, 7) is 6.88. The number of fused-ring (bicyclic) bond motifs is 1. The highest BCUT2D eigenvalue weighted by molar-refractivity contribution is 9.10. The summed E-state index contributed by atoms with van der Waals surface area (Å²) < 4.78 is 6.48. The molecule has 134 valence electrons. The highest BCUT2D eigenvalue weighted by Crippen LogP contribution is 2.40. The number of amides is 1. The first-order chi connectivity index (χ1) is 11.8. The third kappa shape index (κ3) is 4.82. The second-order valence-corrected chi connectivity index (χ2v) is 9.48. The standard InChI is InChI=1S/C19H23BrN2O2S/c1-19(2,3)12-4-9-15-16(10-12)25-18(21-15)22-17(23)11-24-14-7-5-13(20)6-8-14/h5-8,12H,4,9-11H2,1-3H3,(H,21,22,23)/t12-/m1/s1. The summed E-state index contributed by atoms with van der Waals surface area (Å²) >= 11 is 4.97. The highest BCUT2D eigenvalue weighted by atomic mass is 79.9. The number of rotatable bonds is 4. The maximum atomic E-state index is 12.1. The van der Waals surface area contributed by atoms with Gasteiger partial charge in [-0.25, -0.2) is 4.98 Å². The first-order valence-electron chi connectivity index (χ1n) is 8.48. The topological polar surface area (TPSA) is 51.2 Å². The Hall–Kier alpha value is -1.40. The minimum Gasteiger partial charge on any atom is -0.484 e. The third-order valence-electron chi connectivity index (χ3n) is 4.59. The van der Waals surface area contributed by atoms with Gasteiger partial charge in [-0.3, -0.25) is 10.1 Å². The van der Waals surface area contributed by atoms with Crippen LogP contribution in [-0.2, 0) is 17.6 Å². The fourth-order valence-corrected chi connectivity index (χ4v) is 4.37. The number of aryl methyl sites for hydroxylation is 1. The smallest absolute Gasteiger partial charge is 0.264 e. The summed E-state index contributed by atoms with van der Waals surface area (Å²) in [7, 11) is 0. The summed E-state index contributed by atoms with van der Waals surface area (Å²) in [5, 5.41) is 3.55. The van der Waals surface area contributed by atoms with Crippen LogP contribution in [0.1, 0.15) is 37.8 Å². The minimum absolute atomic E-state index is 0.0174. The van der Waals surface area contributed by atoms with Gasteiger partial charge in [-0.1, -0.05) is 36.7 Å². The molecule has 0 aliphatic heterocycles. The van der Waals surface area contributed by atoms with Gasteiger partial charge >= 0.3 is 0 Å². The Morgan fingerprint density at radius 3 is 2.76 bits per heavy atom. The summed E-state index contributed by atoms with van der Waals surface area (Å²) in [6, 6.07) is 7.42. The zero-order valence-electron chi connectivity index (χ0n) is 14.8. The number of halogens is 1. The first kappa shape index (κ1) is 18.4. The van der Waals surface area contributed by atoms with Crippen molar-refractivity contribution in [2.45, 2.75) is 40.0 Å². The Labute approximate surface area is 161 Å². The van der Waals surface area contributed by atoms with Crippen LogP contribution in [0.2, 0.25) is 0 Å². The van der Waals surface area contributed by atoms with Crippen molar-refractivity contribution in [3.05, 3.63) is 39.3 Å². The van der Waals surface area contributed by atoms with Crippen LogP contribution in [0.3, 0.4) is 0 Å². The quantitative estimate of drug-likeness (QED) is 0.747. The van der Waals surface area contributed by atoms with E-state index in [0.717, 1.165) is 23.0 Å². The lowest BCUT2D eigenvalue weighted by Gasteiger charge is -2.33. The Morgan fingerprint density at radius 2 is 2.08 bits per heavy atom. The number of anilines is 1. The van der Waals surface area contributed by atoms with Gasteiger partial charge in [-0.05, 0) is 54.9 Å². The molecule has 1 aliphatic carbocycles. The van der Waals surface area contributed by atoms with E-state index < -0.39 is 0 Å². The Kier molecular flexibility index (Phi) is 5.49. The fraction of sp³-hybridized carbons (Fsp3) is 0.474. The van der Waals surface area contributed by atoms with E-state index >= 15 is 0 Å². The highest BCUT2D eigenvalue weighted by Gasteiger charge is 2.30. The maximum Gasteiger partial charge on any atom is 0.264 e. The number of aromatic nitrogens is 1. The molecule has 1 N–H and O–H groups in total. The Bertz CT molecular complexity index is 750. The molecule has 0 spiro atoms. The molecule has 0 fully saturated rings. The molecule has 0 saturated carbocycles. The summed E-state index contributed by atoms with van der Waals surface area (Å²) in [6.07, 6.45) is 3.22. The number of nitrogens with one attached hydrogen (secondary N) is 1. The molecule has 0 bridgehead atoms. The van der Waals surface area contributed by atoms with E-state index in [9.17, 15) is 4.79 Å². The zero-order valence-corrected chi connectivity index (χ0v) is 17.2. The van der Waals surface area contributed by atoms with E-state index in [1.807, 2.05) is 24.3 Å². The lowest BCUT2D eigenvalue weighted by atomic mass is 9.73. The van der Waals surface area contributed by atoms with Crippen LogP contribution >= 0.6 is 27.3 Å². The molecule has 0 radical (unpaired) electrons. The van der Waals surface area contributed by atoms with Crippen molar-refractivity contribution in [1.29, 1.82) is 0 Å². The first-order valence-corrected chi connectivity index (χ1v) is 10.1. The van der Waals surface area contributed by atoms with Crippen molar-refractivity contribution >= 4 is 38.3 Å². The van der Waals surface area contributed by atoms with Crippen molar-refractivity contribution in [3.8, 4) is 5.75 Å². The van der Waals surface area contributed by atoms with Gasteiger partial charge in [0.25, 0.3) is 5.91 Å². The number of ether oxygens (including phenoxy) is 1. The molecular formula is C19H23BrN2O2S. The summed E-state index contributed by atoms with van der Waals surface area (Å²) in [5.41, 5.74) is 1.46. The van der Waals surface area contributed by atoms with Gasteiger partial charge in [-0.2, -0.15) is 0 Å². The second-order valence-electron chi connectivity index (χ2n) is 7.49. The normalized spacial score (nSPS) is 17.0. The van der Waals surface area contributed by atoms with Crippen LogP contribution in [0.5, 0.6) is 5.75 Å². The molecule has 3 rings (SSSR count). The molecule has 1 aliphatic rings. The number of nitrogens with zero attached hydrogens (tertiary/aromatic N) is 1. The van der Waals surface area contributed by atoms with Crippen LogP contribution in [0.25, 0.3) is 0 Å². The van der Waals surface area contributed by atoms with Crippen molar-refractivity contribution in [1.82, 2.24) is 4.98 Å². The van der Waals surface area contributed by atoms with Gasteiger partial charge in [0, 0.05) is 9.35 Å². The van der Waals surface area contributed by atoms with Gasteiger partial charge in [0.15, 0.2) is 11.7 Å². The number of hydrogen-bond donors (Lipinski definition) is 1.